The summed E-state index contributed by atoms with van der Waals surface area (Å²) in [7, 11) is 1.28. The molecule has 1 aromatic heterocycles. The van der Waals surface area contributed by atoms with Crippen LogP contribution in [0.1, 0.15) is 54.4 Å². The zero-order chi connectivity index (χ0) is 24.3. The highest BCUT2D eigenvalue weighted by Crippen LogP contribution is 2.61. The lowest BCUT2D eigenvalue weighted by atomic mass is 9.48. The second-order valence-corrected chi connectivity index (χ2v) is 10.4. The molecule has 2 aromatic rings. The lowest BCUT2D eigenvalue weighted by Crippen LogP contribution is -2.58. The summed E-state index contributed by atoms with van der Waals surface area (Å²) >= 11 is 0. The van der Waals surface area contributed by atoms with Gasteiger partial charge in [-0.05, 0) is 55.9 Å². The number of rotatable bonds is 6. The molecule has 180 valence electrons. The zero-order valence-corrected chi connectivity index (χ0v) is 19.2. The van der Waals surface area contributed by atoms with E-state index in [2.05, 4.69) is 0 Å². The molecule has 9 heteroatoms. The minimum absolute atomic E-state index is 0.0875. The molecular weight excluding hydrogens is 438 g/mol. The molecule has 0 radical (unpaired) electrons. The highest BCUT2D eigenvalue weighted by Gasteiger charge is 2.61. The number of nitrogens with zero attached hydrogens (tertiary/aromatic N) is 2. The molecule has 2 atom stereocenters. The number of benzene rings is 1. The van der Waals surface area contributed by atoms with Crippen molar-refractivity contribution in [1.29, 1.82) is 0 Å². The van der Waals surface area contributed by atoms with Crippen molar-refractivity contribution in [2.24, 2.45) is 24.3 Å². The van der Waals surface area contributed by atoms with Gasteiger partial charge < -0.3 is 15.6 Å². The maximum atomic E-state index is 13.1. The maximum Gasteiger partial charge on any atom is 0.332 e. The van der Waals surface area contributed by atoms with Crippen LogP contribution in [0.25, 0.3) is 0 Å². The van der Waals surface area contributed by atoms with Crippen molar-refractivity contribution in [3.05, 3.63) is 62.3 Å². The van der Waals surface area contributed by atoms with E-state index in [1.807, 2.05) is 18.2 Å². The van der Waals surface area contributed by atoms with Crippen molar-refractivity contribution in [3.8, 4) is 0 Å². The van der Waals surface area contributed by atoms with Crippen molar-refractivity contribution in [2.75, 3.05) is 12.3 Å². The lowest BCUT2D eigenvalue weighted by Gasteiger charge is -2.58. The Labute approximate surface area is 196 Å². The maximum absolute atomic E-state index is 13.1. The molecule has 0 saturated heterocycles. The molecule has 0 aliphatic heterocycles. The largest absolute Gasteiger partial charge is 0.457 e. The fourth-order valence-electron chi connectivity index (χ4n) is 6.77. The topological polar surface area (TPSA) is 134 Å². The van der Waals surface area contributed by atoms with Crippen LogP contribution >= 0.6 is 0 Å². The van der Waals surface area contributed by atoms with E-state index >= 15 is 0 Å². The third kappa shape index (κ3) is 3.68. The van der Waals surface area contributed by atoms with Crippen LogP contribution < -0.4 is 17.0 Å². The first-order chi connectivity index (χ1) is 16.1. The number of esters is 1. The molecular formula is C25H29N3O6. The summed E-state index contributed by atoms with van der Waals surface area (Å²) in [5, 5.41) is 10.9. The van der Waals surface area contributed by atoms with Gasteiger partial charge in [-0.3, -0.25) is 23.5 Å². The number of ether oxygens (including phenoxy) is 1. The number of nitrogen functional groups attached to an aromatic ring is 1. The number of carbonyl (C=O) groups excluding carboxylic acids is 2. The average Bonchev–Trinajstić information content (AvgIpc) is 2.78. The van der Waals surface area contributed by atoms with Gasteiger partial charge in [-0.1, -0.05) is 30.3 Å². The summed E-state index contributed by atoms with van der Waals surface area (Å²) in [5.41, 5.74) is 3.47. The number of aromatic nitrogens is 2. The van der Waals surface area contributed by atoms with Gasteiger partial charge in [0.2, 0.25) is 5.78 Å². The van der Waals surface area contributed by atoms with E-state index in [1.54, 1.807) is 12.1 Å². The normalized spacial score (nSPS) is 29.2. The van der Waals surface area contributed by atoms with Crippen LogP contribution in [0.15, 0.2) is 39.9 Å². The Morgan fingerprint density at radius 1 is 1.12 bits per heavy atom. The summed E-state index contributed by atoms with van der Waals surface area (Å²) < 4.78 is 7.44. The average molecular weight is 468 g/mol. The molecule has 4 saturated carbocycles. The number of hydrogen-bond donors (Lipinski definition) is 2. The van der Waals surface area contributed by atoms with Crippen LogP contribution in [0.5, 0.6) is 0 Å². The molecule has 4 bridgehead atoms. The van der Waals surface area contributed by atoms with Crippen LogP contribution in [-0.4, -0.2) is 38.2 Å². The third-order valence-corrected chi connectivity index (χ3v) is 7.84. The zero-order valence-electron chi connectivity index (χ0n) is 19.2. The SMILES string of the molecule is Cn1c(=O)c(C(=O)COC(=O)C23CC4CC(CC(O)(C4)C2)C3)c(N)n(Cc2ccccc2)c1=O. The van der Waals surface area contributed by atoms with Crippen LogP contribution in [-0.2, 0) is 23.1 Å². The number of hydrogen-bond acceptors (Lipinski definition) is 7. The van der Waals surface area contributed by atoms with E-state index in [-0.39, 0.29) is 17.9 Å². The summed E-state index contributed by atoms with van der Waals surface area (Å²) in [6, 6.07) is 9.07. The summed E-state index contributed by atoms with van der Waals surface area (Å²) in [5.74, 6) is -0.918. The first-order valence-electron chi connectivity index (χ1n) is 11.7. The van der Waals surface area contributed by atoms with Crippen LogP contribution in [0.4, 0.5) is 5.82 Å². The highest BCUT2D eigenvalue weighted by molar-refractivity contribution is 6.01. The quantitative estimate of drug-likeness (QED) is 0.482. The van der Waals surface area contributed by atoms with E-state index in [4.69, 9.17) is 10.5 Å². The molecule has 2 unspecified atom stereocenters. The second-order valence-electron chi connectivity index (χ2n) is 10.4. The Morgan fingerprint density at radius 2 is 1.76 bits per heavy atom. The molecule has 34 heavy (non-hydrogen) atoms. The van der Waals surface area contributed by atoms with E-state index in [0.717, 1.165) is 16.6 Å². The number of Topliss-reactive ketones (excluding diaryl/α,β-unsaturated/α-hetero) is 1. The monoisotopic (exact) mass is 467 g/mol. The van der Waals surface area contributed by atoms with E-state index in [1.165, 1.54) is 11.6 Å². The Kier molecular flexibility index (Phi) is 5.27. The molecule has 0 spiro atoms. The summed E-state index contributed by atoms with van der Waals surface area (Å²) in [6.07, 6.45) is 4.12. The van der Waals surface area contributed by atoms with Gasteiger partial charge in [-0.25, -0.2) is 4.79 Å². The van der Waals surface area contributed by atoms with Gasteiger partial charge >= 0.3 is 11.7 Å². The van der Waals surface area contributed by atoms with Crippen LogP contribution in [0.3, 0.4) is 0 Å². The number of nitrogens with two attached hydrogens (primary N) is 1. The van der Waals surface area contributed by atoms with Gasteiger partial charge in [0.15, 0.2) is 6.61 Å². The molecule has 9 nitrogen and oxygen atoms in total. The number of anilines is 1. The van der Waals surface area contributed by atoms with Gasteiger partial charge in [-0.15, -0.1) is 0 Å². The van der Waals surface area contributed by atoms with Crippen molar-refractivity contribution in [3.63, 3.8) is 0 Å². The first kappa shape index (κ1) is 22.6. The number of aliphatic hydroxyl groups is 1. The van der Waals surface area contributed by atoms with Crippen molar-refractivity contribution < 1.29 is 19.4 Å². The predicted molar refractivity (Wildman–Crippen MR) is 123 cm³/mol. The fraction of sp³-hybridized carbons (Fsp3) is 0.520. The fourth-order valence-corrected chi connectivity index (χ4v) is 6.77. The molecule has 4 aliphatic carbocycles. The molecule has 0 amide bonds. The molecule has 4 aliphatic rings. The van der Waals surface area contributed by atoms with Crippen molar-refractivity contribution in [2.45, 2.75) is 50.7 Å². The van der Waals surface area contributed by atoms with E-state index in [0.29, 0.717) is 43.9 Å². The first-order valence-corrected chi connectivity index (χ1v) is 11.7. The van der Waals surface area contributed by atoms with E-state index in [9.17, 15) is 24.3 Å². The number of ketones is 1. The molecule has 3 N–H and O–H groups in total. The molecule has 4 fully saturated rings. The standard InChI is InChI=1S/C25H29N3O6/c1-27-21(30)19(20(26)28(23(27)32)12-15-5-3-2-4-6-15)18(29)13-34-22(31)24-8-16-7-17(9-24)11-25(33,10-16)14-24/h2-6,16-17,33H,7-14,26H2,1H3. The molecule has 1 heterocycles. The summed E-state index contributed by atoms with van der Waals surface area (Å²) in [4.78, 5) is 51.5. The third-order valence-electron chi connectivity index (χ3n) is 7.84. The Hall–Kier alpha value is -3.20. The van der Waals surface area contributed by atoms with Crippen molar-refractivity contribution >= 4 is 17.6 Å². The predicted octanol–water partition coefficient (Wildman–Crippen LogP) is 1.23. The van der Waals surface area contributed by atoms with Gasteiger partial charge in [-0.2, -0.15) is 0 Å². The van der Waals surface area contributed by atoms with Gasteiger partial charge in [0.25, 0.3) is 5.56 Å². The highest BCUT2D eigenvalue weighted by atomic mass is 16.5. The van der Waals surface area contributed by atoms with Crippen LogP contribution in [0.2, 0.25) is 0 Å². The lowest BCUT2D eigenvalue weighted by molar-refractivity contribution is -0.195. The van der Waals surface area contributed by atoms with Gasteiger partial charge in [0, 0.05) is 7.05 Å². The second kappa shape index (κ2) is 7.94. The molecule has 1 aromatic carbocycles. The Balaban J connectivity index is 1.37. The summed E-state index contributed by atoms with van der Waals surface area (Å²) in [6.45, 7) is -0.554. The van der Waals surface area contributed by atoms with Gasteiger partial charge in [0.05, 0.1) is 17.6 Å². The number of carbonyl (C=O) groups is 2. The smallest absolute Gasteiger partial charge is 0.332 e. The van der Waals surface area contributed by atoms with Crippen LogP contribution in [0, 0.1) is 17.3 Å². The minimum atomic E-state index is -0.833. The molecule has 6 rings (SSSR count). The van der Waals surface area contributed by atoms with Gasteiger partial charge in [0.1, 0.15) is 11.4 Å². The Bertz CT molecular complexity index is 1260. The minimum Gasteiger partial charge on any atom is -0.457 e. The van der Waals surface area contributed by atoms with E-state index < -0.39 is 40.6 Å². The van der Waals surface area contributed by atoms with Crippen molar-refractivity contribution in [1.82, 2.24) is 9.13 Å². The Morgan fingerprint density at radius 3 is 2.38 bits per heavy atom.